The number of anilines is 1. The van der Waals surface area contributed by atoms with E-state index in [4.69, 9.17) is 16.9 Å². The van der Waals surface area contributed by atoms with Gasteiger partial charge in [-0.05, 0) is 25.1 Å². The summed E-state index contributed by atoms with van der Waals surface area (Å²) in [5.74, 6) is 3.11. The molecule has 1 amide bonds. The molecule has 0 fully saturated rings. The first-order chi connectivity index (χ1) is 9.62. The van der Waals surface area contributed by atoms with E-state index >= 15 is 0 Å². The highest BCUT2D eigenvalue weighted by atomic mass is 32.1. The molecule has 0 spiro atoms. The van der Waals surface area contributed by atoms with Crippen LogP contribution in [-0.4, -0.2) is 31.0 Å². The second-order valence-electron chi connectivity index (χ2n) is 4.23. The summed E-state index contributed by atoms with van der Waals surface area (Å²) in [6.45, 7) is 2.73. The smallest absolute Gasteiger partial charge is 0.266 e. The number of ether oxygens (including phenoxy) is 1. The zero-order valence-corrected chi connectivity index (χ0v) is 12.3. The van der Waals surface area contributed by atoms with Crippen molar-refractivity contribution in [2.75, 3.05) is 25.9 Å². The first-order valence-corrected chi connectivity index (χ1v) is 7.02. The fourth-order valence-corrected chi connectivity index (χ4v) is 3.08. The van der Waals surface area contributed by atoms with Crippen molar-refractivity contribution in [3.05, 3.63) is 23.1 Å². The average Bonchev–Trinajstić information content (AvgIpc) is 2.80. The molecule has 0 aliphatic heterocycles. The van der Waals surface area contributed by atoms with Gasteiger partial charge in [-0.15, -0.1) is 17.8 Å². The van der Waals surface area contributed by atoms with Gasteiger partial charge in [0.1, 0.15) is 10.6 Å². The number of fused-ring (bicyclic) bond motifs is 1. The number of hydrogen-bond donors (Lipinski definition) is 1. The van der Waals surface area contributed by atoms with Gasteiger partial charge in [-0.2, -0.15) is 0 Å². The molecule has 0 saturated carbocycles. The Morgan fingerprint density at radius 1 is 1.55 bits per heavy atom. The number of carbonyl (C=O) groups excluding carboxylic acids is 1. The maximum Gasteiger partial charge on any atom is 0.266 e. The highest BCUT2D eigenvalue weighted by molar-refractivity contribution is 7.21. The van der Waals surface area contributed by atoms with Crippen LogP contribution in [0, 0.1) is 12.3 Å². The second kappa shape index (κ2) is 5.85. The number of hydrogen-bond acceptors (Lipinski definition) is 4. The molecular weight excluding hydrogens is 272 g/mol. The van der Waals surface area contributed by atoms with Crippen LogP contribution in [0.3, 0.4) is 0 Å². The topological polar surface area (TPSA) is 55.6 Å². The molecule has 2 N–H and O–H groups in total. The van der Waals surface area contributed by atoms with E-state index in [0.717, 1.165) is 15.8 Å². The van der Waals surface area contributed by atoms with Gasteiger partial charge in [-0.3, -0.25) is 4.79 Å². The summed E-state index contributed by atoms with van der Waals surface area (Å²) >= 11 is 1.37. The van der Waals surface area contributed by atoms with E-state index in [1.54, 1.807) is 12.0 Å². The van der Waals surface area contributed by atoms with Gasteiger partial charge in [0, 0.05) is 16.6 Å². The van der Waals surface area contributed by atoms with Crippen molar-refractivity contribution in [1.82, 2.24) is 4.90 Å². The summed E-state index contributed by atoms with van der Waals surface area (Å²) in [6, 6.07) is 5.58. The van der Waals surface area contributed by atoms with Crippen LogP contribution in [0.4, 0.5) is 5.69 Å². The summed E-state index contributed by atoms with van der Waals surface area (Å²) in [5, 5.41) is 0.871. The fourth-order valence-electron chi connectivity index (χ4n) is 1.96. The van der Waals surface area contributed by atoms with Gasteiger partial charge in [0.25, 0.3) is 5.91 Å². The van der Waals surface area contributed by atoms with Crippen LogP contribution < -0.4 is 10.5 Å². The summed E-state index contributed by atoms with van der Waals surface area (Å²) in [7, 11) is 1.61. The highest BCUT2D eigenvalue weighted by Gasteiger charge is 2.20. The van der Waals surface area contributed by atoms with Gasteiger partial charge in [0.05, 0.1) is 19.3 Å². The molecule has 0 atom stereocenters. The maximum absolute atomic E-state index is 12.4. The fraction of sp³-hybridized carbons (Fsp3) is 0.267. The van der Waals surface area contributed by atoms with Crippen molar-refractivity contribution in [3.63, 3.8) is 0 Å². The quantitative estimate of drug-likeness (QED) is 0.880. The monoisotopic (exact) mass is 288 g/mol. The van der Waals surface area contributed by atoms with Gasteiger partial charge < -0.3 is 15.4 Å². The van der Waals surface area contributed by atoms with Crippen molar-refractivity contribution >= 4 is 33.0 Å². The van der Waals surface area contributed by atoms with Crippen molar-refractivity contribution in [2.45, 2.75) is 6.92 Å². The zero-order valence-electron chi connectivity index (χ0n) is 11.5. The number of amides is 1. The lowest BCUT2D eigenvalue weighted by atomic mass is 10.2. The standard InChI is InChI=1S/C15H16N2O2S/c1-4-8-17(5-2)15(18)14-13(16)11-7-6-10(19-3)9-12(11)20-14/h1,6-7,9H,5,8,16H2,2-3H3. The van der Waals surface area contributed by atoms with E-state index < -0.39 is 0 Å². The molecule has 1 heterocycles. The Bertz CT molecular complexity index is 685. The third kappa shape index (κ3) is 2.43. The molecule has 0 saturated heterocycles. The van der Waals surface area contributed by atoms with Gasteiger partial charge in [-0.1, -0.05) is 5.92 Å². The normalized spacial score (nSPS) is 10.2. The largest absolute Gasteiger partial charge is 0.497 e. The molecule has 0 unspecified atom stereocenters. The molecule has 0 aliphatic carbocycles. The van der Waals surface area contributed by atoms with E-state index in [9.17, 15) is 4.79 Å². The number of rotatable bonds is 4. The Morgan fingerprint density at radius 2 is 2.30 bits per heavy atom. The Hall–Kier alpha value is -2.19. The minimum atomic E-state index is -0.122. The summed E-state index contributed by atoms with van der Waals surface area (Å²) in [6.07, 6.45) is 5.28. The number of methoxy groups -OCH3 is 1. The number of nitrogen functional groups attached to an aromatic ring is 1. The van der Waals surface area contributed by atoms with E-state index in [-0.39, 0.29) is 12.5 Å². The SMILES string of the molecule is C#CCN(CC)C(=O)c1sc2cc(OC)ccc2c1N. The van der Waals surface area contributed by atoms with Crippen molar-refractivity contribution in [2.24, 2.45) is 0 Å². The molecule has 1 aromatic heterocycles. The van der Waals surface area contributed by atoms with Gasteiger partial charge >= 0.3 is 0 Å². The molecule has 4 nitrogen and oxygen atoms in total. The van der Waals surface area contributed by atoms with E-state index in [0.29, 0.717) is 17.1 Å². The lowest BCUT2D eigenvalue weighted by molar-refractivity contribution is 0.0790. The Labute approximate surface area is 122 Å². The summed E-state index contributed by atoms with van der Waals surface area (Å²) in [4.78, 5) is 14.6. The van der Waals surface area contributed by atoms with E-state index in [2.05, 4.69) is 5.92 Å². The third-order valence-corrected chi connectivity index (χ3v) is 4.24. The number of nitrogens with zero attached hydrogens (tertiary/aromatic N) is 1. The molecule has 0 bridgehead atoms. The zero-order chi connectivity index (χ0) is 14.7. The Morgan fingerprint density at radius 3 is 2.90 bits per heavy atom. The summed E-state index contributed by atoms with van der Waals surface area (Å²) < 4.78 is 6.12. The number of thiophene rings is 1. The van der Waals surface area contributed by atoms with Gasteiger partial charge in [0.15, 0.2) is 0 Å². The van der Waals surface area contributed by atoms with Crippen LogP contribution in [0.2, 0.25) is 0 Å². The van der Waals surface area contributed by atoms with E-state index in [1.165, 1.54) is 11.3 Å². The summed E-state index contributed by atoms with van der Waals surface area (Å²) in [5.41, 5.74) is 6.60. The second-order valence-corrected chi connectivity index (χ2v) is 5.28. The Balaban J connectivity index is 2.47. The van der Waals surface area contributed by atoms with Crippen molar-refractivity contribution in [1.29, 1.82) is 0 Å². The number of nitrogens with two attached hydrogens (primary N) is 1. The van der Waals surface area contributed by atoms with Crippen LogP contribution in [0.1, 0.15) is 16.6 Å². The van der Waals surface area contributed by atoms with Crippen LogP contribution in [-0.2, 0) is 0 Å². The maximum atomic E-state index is 12.4. The lowest BCUT2D eigenvalue weighted by Crippen LogP contribution is -2.30. The van der Waals surface area contributed by atoms with Gasteiger partial charge in [-0.25, -0.2) is 0 Å². The molecule has 1 aromatic carbocycles. The Kier molecular flexibility index (Phi) is 4.16. The van der Waals surface area contributed by atoms with E-state index in [1.807, 2.05) is 25.1 Å². The predicted molar refractivity (Wildman–Crippen MR) is 83.2 cm³/mol. The number of benzene rings is 1. The predicted octanol–water partition coefficient (Wildman–Crippen LogP) is 2.59. The molecule has 0 aliphatic rings. The lowest BCUT2D eigenvalue weighted by Gasteiger charge is -2.17. The first-order valence-electron chi connectivity index (χ1n) is 6.21. The highest BCUT2D eigenvalue weighted by Crippen LogP contribution is 2.36. The van der Waals surface area contributed by atoms with Crippen LogP contribution in [0.5, 0.6) is 5.75 Å². The van der Waals surface area contributed by atoms with Crippen LogP contribution >= 0.6 is 11.3 Å². The van der Waals surface area contributed by atoms with Crippen LogP contribution in [0.15, 0.2) is 18.2 Å². The molecule has 104 valence electrons. The molecule has 5 heteroatoms. The number of terminal acetylenes is 1. The first kappa shape index (κ1) is 14.2. The molecular formula is C15H16N2O2S. The molecule has 0 radical (unpaired) electrons. The minimum absolute atomic E-state index is 0.122. The van der Waals surface area contributed by atoms with Gasteiger partial charge in [0.2, 0.25) is 0 Å². The molecule has 2 aromatic rings. The minimum Gasteiger partial charge on any atom is -0.497 e. The third-order valence-electron chi connectivity index (χ3n) is 3.08. The van der Waals surface area contributed by atoms with Crippen molar-refractivity contribution in [3.8, 4) is 18.1 Å². The average molecular weight is 288 g/mol. The van der Waals surface area contributed by atoms with Crippen molar-refractivity contribution < 1.29 is 9.53 Å². The molecule has 20 heavy (non-hydrogen) atoms. The molecule has 2 rings (SSSR count). The number of carbonyl (C=O) groups is 1. The van der Waals surface area contributed by atoms with Crippen LogP contribution in [0.25, 0.3) is 10.1 Å².